The highest BCUT2D eigenvalue weighted by Gasteiger charge is 2.23. The quantitative estimate of drug-likeness (QED) is 0.849. The minimum Gasteiger partial charge on any atom is -0.462 e. The molecule has 4 nitrogen and oxygen atoms in total. The number of thiophene rings is 1. The van der Waals surface area contributed by atoms with Crippen molar-refractivity contribution in [1.29, 1.82) is 0 Å². The molecule has 0 atom stereocenters. The minimum absolute atomic E-state index is 0.333. The van der Waals surface area contributed by atoms with E-state index in [0.29, 0.717) is 27.6 Å². The molecule has 0 aromatic carbocycles. The van der Waals surface area contributed by atoms with Crippen molar-refractivity contribution < 1.29 is 13.9 Å². The van der Waals surface area contributed by atoms with Crippen LogP contribution in [0, 0.1) is 0 Å². The Bertz CT molecular complexity index is 603. The summed E-state index contributed by atoms with van der Waals surface area (Å²) in [6.45, 7) is 4.10. The van der Waals surface area contributed by atoms with Gasteiger partial charge in [0.05, 0.1) is 17.2 Å². The van der Waals surface area contributed by atoms with Crippen molar-refractivity contribution >= 4 is 38.9 Å². The number of esters is 1. The van der Waals surface area contributed by atoms with Crippen molar-refractivity contribution in [2.45, 2.75) is 20.3 Å². The van der Waals surface area contributed by atoms with E-state index in [1.165, 1.54) is 11.3 Å². The zero-order valence-electron chi connectivity index (χ0n) is 10.7. The average Bonchev–Trinajstić information content (AvgIpc) is 2.93. The number of anilines is 1. The van der Waals surface area contributed by atoms with Gasteiger partial charge >= 0.3 is 5.97 Å². The summed E-state index contributed by atoms with van der Waals surface area (Å²) in [5.74, 6) is 0.326. The summed E-state index contributed by atoms with van der Waals surface area (Å²) in [4.78, 5) is 13.2. The molecule has 19 heavy (non-hydrogen) atoms. The Labute approximate surface area is 123 Å². The standard InChI is InChI=1S/C13H14BrNO3S/c1-3-7-10(15)12(13(16)17-4-2)19-11(7)8-5-6-9(14)18-8/h5-6H,3-4,15H2,1-2H3. The maximum atomic E-state index is 11.9. The fraction of sp³-hybridized carbons (Fsp3) is 0.308. The summed E-state index contributed by atoms with van der Waals surface area (Å²) >= 11 is 4.58. The Kier molecular flexibility index (Phi) is 4.31. The third kappa shape index (κ3) is 2.69. The van der Waals surface area contributed by atoms with Gasteiger partial charge in [0.25, 0.3) is 0 Å². The van der Waals surface area contributed by atoms with Gasteiger partial charge < -0.3 is 14.9 Å². The zero-order valence-corrected chi connectivity index (χ0v) is 13.1. The van der Waals surface area contributed by atoms with E-state index in [0.717, 1.165) is 16.9 Å². The van der Waals surface area contributed by atoms with Crippen LogP contribution in [0.5, 0.6) is 0 Å². The van der Waals surface area contributed by atoms with Gasteiger partial charge in [-0.3, -0.25) is 0 Å². The Morgan fingerprint density at radius 3 is 2.74 bits per heavy atom. The number of carbonyl (C=O) groups is 1. The summed E-state index contributed by atoms with van der Waals surface area (Å²) < 4.78 is 11.2. The van der Waals surface area contributed by atoms with Crippen molar-refractivity contribution in [2.75, 3.05) is 12.3 Å². The van der Waals surface area contributed by atoms with Crippen molar-refractivity contribution in [3.05, 3.63) is 27.2 Å². The van der Waals surface area contributed by atoms with Crippen molar-refractivity contribution in [3.8, 4) is 10.6 Å². The third-order valence-corrected chi connectivity index (χ3v) is 4.33. The number of nitrogen functional groups attached to an aromatic ring is 1. The van der Waals surface area contributed by atoms with Crippen LogP contribution in [0.1, 0.15) is 29.1 Å². The molecule has 0 saturated carbocycles. The summed E-state index contributed by atoms with van der Waals surface area (Å²) in [6, 6.07) is 3.66. The number of hydrogen-bond donors (Lipinski definition) is 1. The first-order chi connectivity index (χ1) is 9.08. The second-order valence-electron chi connectivity index (χ2n) is 3.83. The number of furan rings is 1. The van der Waals surface area contributed by atoms with Gasteiger partial charge in [-0.15, -0.1) is 11.3 Å². The molecule has 2 heterocycles. The van der Waals surface area contributed by atoms with E-state index < -0.39 is 0 Å². The highest BCUT2D eigenvalue weighted by atomic mass is 79.9. The van der Waals surface area contributed by atoms with Crippen LogP contribution in [0.4, 0.5) is 5.69 Å². The molecule has 0 bridgehead atoms. The van der Waals surface area contributed by atoms with Crippen LogP contribution in [0.25, 0.3) is 10.6 Å². The molecule has 6 heteroatoms. The Balaban J connectivity index is 2.50. The van der Waals surface area contributed by atoms with Crippen LogP contribution in [0.15, 0.2) is 21.2 Å². The van der Waals surface area contributed by atoms with Gasteiger partial charge in [-0.2, -0.15) is 0 Å². The van der Waals surface area contributed by atoms with E-state index in [1.54, 1.807) is 6.92 Å². The number of rotatable bonds is 4. The van der Waals surface area contributed by atoms with E-state index in [9.17, 15) is 4.79 Å². The first-order valence-electron chi connectivity index (χ1n) is 5.92. The van der Waals surface area contributed by atoms with E-state index in [2.05, 4.69) is 15.9 Å². The van der Waals surface area contributed by atoms with Crippen LogP contribution in [-0.2, 0) is 11.2 Å². The Morgan fingerprint density at radius 2 is 2.21 bits per heavy atom. The molecule has 0 aliphatic carbocycles. The van der Waals surface area contributed by atoms with Gasteiger partial charge in [-0.1, -0.05) is 6.92 Å². The molecule has 0 spiro atoms. The smallest absolute Gasteiger partial charge is 0.350 e. The van der Waals surface area contributed by atoms with Gasteiger partial charge in [0.2, 0.25) is 0 Å². The Hall–Kier alpha value is -1.27. The SMILES string of the molecule is CCOC(=O)c1sc(-c2ccc(Br)o2)c(CC)c1N. The van der Waals surface area contributed by atoms with Gasteiger partial charge in [-0.05, 0) is 47.0 Å². The first kappa shape index (κ1) is 14.1. The summed E-state index contributed by atoms with van der Waals surface area (Å²) in [6.07, 6.45) is 0.732. The highest BCUT2D eigenvalue weighted by Crippen LogP contribution is 2.40. The molecule has 2 N–H and O–H groups in total. The monoisotopic (exact) mass is 343 g/mol. The molecular formula is C13H14BrNO3S. The largest absolute Gasteiger partial charge is 0.462 e. The lowest BCUT2D eigenvalue weighted by Crippen LogP contribution is -2.05. The lowest BCUT2D eigenvalue weighted by molar-refractivity contribution is 0.0533. The number of carbonyl (C=O) groups excluding carboxylic acids is 1. The van der Waals surface area contributed by atoms with E-state index in [4.69, 9.17) is 14.9 Å². The fourth-order valence-electron chi connectivity index (χ4n) is 1.81. The Morgan fingerprint density at radius 1 is 1.47 bits per heavy atom. The molecule has 2 aromatic rings. The minimum atomic E-state index is -0.378. The van der Waals surface area contributed by atoms with Gasteiger partial charge in [0, 0.05) is 0 Å². The molecule has 2 aromatic heterocycles. The van der Waals surface area contributed by atoms with Crippen molar-refractivity contribution in [1.82, 2.24) is 0 Å². The molecule has 0 radical (unpaired) electrons. The topological polar surface area (TPSA) is 65.5 Å². The molecule has 0 amide bonds. The summed E-state index contributed by atoms with van der Waals surface area (Å²) in [7, 11) is 0. The molecule has 0 fully saturated rings. The number of hydrogen-bond acceptors (Lipinski definition) is 5. The maximum Gasteiger partial charge on any atom is 0.350 e. The van der Waals surface area contributed by atoms with Gasteiger partial charge in [0.15, 0.2) is 4.67 Å². The molecule has 0 unspecified atom stereocenters. The van der Waals surface area contributed by atoms with E-state index in [1.807, 2.05) is 19.1 Å². The average molecular weight is 344 g/mol. The van der Waals surface area contributed by atoms with Crippen LogP contribution in [-0.4, -0.2) is 12.6 Å². The highest BCUT2D eigenvalue weighted by molar-refractivity contribution is 9.10. The zero-order chi connectivity index (χ0) is 14.0. The molecule has 0 saturated heterocycles. The summed E-state index contributed by atoms with van der Waals surface area (Å²) in [5.41, 5.74) is 7.47. The van der Waals surface area contributed by atoms with Crippen LogP contribution in [0.3, 0.4) is 0 Å². The maximum absolute atomic E-state index is 11.9. The predicted octanol–water partition coefficient (Wildman–Crippen LogP) is 4.09. The van der Waals surface area contributed by atoms with E-state index >= 15 is 0 Å². The molecular weight excluding hydrogens is 330 g/mol. The summed E-state index contributed by atoms with van der Waals surface area (Å²) in [5, 5.41) is 0. The predicted molar refractivity (Wildman–Crippen MR) is 79.5 cm³/mol. The molecule has 102 valence electrons. The van der Waals surface area contributed by atoms with Gasteiger partial charge in [0.1, 0.15) is 10.6 Å². The molecule has 2 rings (SSSR count). The van der Waals surface area contributed by atoms with Crippen LogP contribution in [0.2, 0.25) is 0 Å². The fourth-order valence-corrected chi connectivity index (χ4v) is 3.29. The number of nitrogens with two attached hydrogens (primary N) is 1. The van der Waals surface area contributed by atoms with Crippen LogP contribution >= 0.6 is 27.3 Å². The van der Waals surface area contributed by atoms with Crippen molar-refractivity contribution in [2.24, 2.45) is 0 Å². The second kappa shape index (κ2) is 5.79. The van der Waals surface area contributed by atoms with E-state index in [-0.39, 0.29) is 5.97 Å². The lowest BCUT2D eigenvalue weighted by Gasteiger charge is -2.00. The third-order valence-electron chi connectivity index (χ3n) is 2.66. The van der Waals surface area contributed by atoms with Crippen LogP contribution < -0.4 is 5.73 Å². The number of halogens is 1. The first-order valence-corrected chi connectivity index (χ1v) is 7.53. The number of ether oxygens (including phenoxy) is 1. The molecule has 0 aliphatic rings. The lowest BCUT2D eigenvalue weighted by atomic mass is 10.1. The molecule has 0 aliphatic heterocycles. The second-order valence-corrected chi connectivity index (χ2v) is 5.63. The van der Waals surface area contributed by atoms with Gasteiger partial charge in [-0.25, -0.2) is 4.79 Å². The van der Waals surface area contributed by atoms with Crippen molar-refractivity contribution in [3.63, 3.8) is 0 Å². The normalized spacial score (nSPS) is 10.7.